The van der Waals surface area contributed by atoms with Crippen LogP contribution in [0.3, 0.4) is 0 Å². The van der Waals surface area contributed by atoms with Crippen LogP contribution >= 0.6 is 0 Å². The molecule has 1 aromatic carbocycles. The summed E-state index contributed by atoms with van der Waals surface area (Å²) in [6.07, 6.45) is 4.14. The number of piperidine rings is 2. The van der Waals surface area contributed by atoms with Gasteiger partial charge in [-0.25, -0.2) is 8.42 Å². The molecule has 2 fully saturated rings. The largest absolute Gasteiger partial charge is 0.325 e. The Morgan fingerprint density at radius 1 is 1.04 bits per heavy atom. The van der Waals surface area contributed by atoms with Crippen molar-refractivity contribution in [3.8, 4) is 0 Å². The Hall–Kier alpha value is -1.44. The fraction of sp³-hybridized carbons (Fsp3) is 0.650. The summed E-state index contributed by atoms with van der Waals surface area (Å²) < 4.78 is 26.9. The Balaban J connectivity index is 1.58. The molecule has 0 bridgehead atoms. The maximum Gasteiger partial charge on any atom is 0.243 e. The maximum absolute atomic E-state index is 12.7. The van der Waals surface area contributed by atoms with Crippen LogP contribution in [0.15, 0.2) is 29.2 Å². The van der Waals surface area contributed by atoms with E-state index in [1.54, 1.807) is 28.6 Å². The van der Waals surface area contributed by atoms with E-state index in [0.29, 0.717) is 42.1 Å². The molecule has 2 saturated heterocycles. The zero-order chi connectivity index (χ0) is 19.4. The van der Waals surface area contributed by atoms with Crippen molar-refractivity contribution in [3.63, 3.8) is 0 Å². The summed E-state index contributed by atoms with van der Waals surface area (Å²) in [5.41, 5.74) is 0.635. The van der Waals surface area contributed by atoms with Crippen molar-refractivity contribution in [1.29, 1.82) is 0 Å². The van der Waals surface area contributed by atoms with Gasteiger partial charge in [-0.05, 0) is 55.4 Å². The molecule has 0 aromatic heterocycles. The predicted octanol–water partition coefficient (Wildman–Crippen LogP) is 2.78. The second kappa shape index (κ2) is 8.71. The third kappa shape index (κ3) is 5.30. The van der Waals surface area contributed by atoms with Gasteiger partial charge in [-0.2, -0.15) is 4.31 Å². The van der Waals surface area contributed by atoms with Crippen LogP contribution in [0.1, 0.15) is 39.5 Å². The summed E-state index contributed by atoms with van der Waals surface area (Å²) in [6.45, 7) is 7.91. The summed E-state index contributed by atoms with van der Waals surface area (Å²) in [4.78, 5) is 14.8. The number of amides is 1. The molecule has 0 saturated carbocycles. The molecule has 7 heteroatoms. The molecule has 6 nitrogen and oxygen atoms in total. The second-order valence-electron chi connectivity index (χ2n) is 8.18. The Kier molecular flexibility index (Phi) is 6.55. The lowest BCUT2D eigenvalue weighted by Gasteiger charge is -2.34. The number of hydrogen-bond acceptors (Lipinski definition) is 4. The normalized spacial score (nSPS) is 25.3. The second-order valence-corrected chi connectivity index (χ2v) is 10.1. The van der Waals surface area contributed by atoms with Crippen LogP contribution in [0, 0.1) is 11.8 Å². The van der Waals surface area contributed by atoms with Gasteiger partial charge in [-0.3, -0.25) is 9.69 Å². The highest BCUT2D eigenvalue weighted by Gasteiger charge is 2.26. The van der Waals surface area contributed by atoms with E-state index >= 15 is 0 Å². The van der Waals surface area contributed by atoms with Crippen molar-refractivity contribution in [2.24, 2.45) is 11.8 Å². The number of benzene rings is 1. The third-order valence-electron chi connectivity index (χ3n) is 5.40. The first-order valence-corrected chi connectivity index (χ1v) is 11.4. The number of likely N-dealkylation sites (tertiary alicyclic amines) is 1. The monoisotopic (exact) mass is 393 g/mol. The van der Waals surface area contributed by atoms with Gasteiger partial charge in [0.25, 0.3) is 0 Å². The first kappa shape index (κ1) is 20.3. The molecule has 1 aromatic rings. The lowest BCUT2D eigenvalue weighted by molar-refractivity contribution is -0.117. The summed E-state index contributed by atoms with van der Waals surface area (Å²) in [5, 5.41) is 2.89. The number of carbonyl (C=O) groups is 1. The van der Waals surface area contributed by atoms with Crippen molar-refractivity contribution in [1.82, 2.24) is 9.21 Å². The summed E-state index contributed by atoms with van der Waals surface area (Å²) >= 11 is 0. The minimum Gasteiger partial charge on any atom is -0.325 e. The van der Waals surface area contributed by atoms with Crippen LogP contribution in [-0.2, 0) is 14.8 Å². The lowest BCUT2D eigenvalue weighted by Crippen LogP contribution is -2.42. The van der Waals surface area contributed by atoms with Crippen LogP contribution < -0.4 is 5.32 Å². The van der Waals surface area contributed by atoms with E-state index in [2.05, 4.69) is 24.1 Å². The number of nitrogens with one attached hydrogen (secondary N) is 1. The highest BCUT2D eigenvalue weighted by molar-refractivity contribution is 7.89. The molecule has 0 radical (unpaired) electrons. The van der Waals surface area contributed by atoms with Gasteiger partial charge in [-0.15, -0.1) is 0 Å². The van der Waals surface area contributed by atoms with E-state index in [9.17, 15) is 13.2 Å². The molecular formula is C20H31N3O3S. The van der Waals surface area contributed by atoms with Gasteiger partial charge in [0.15, 0.2) is 0 Å². The number of rotatable bonds is 5. The number of hydrogen-bond donors (Lipinski definition) is 1. The summed E-state index contributed by atoms with van der Waals surface area (Å²) in [7, 11) is -3.43. The third-order valence-corrected chi connectivity index (χ3v) is 7.32. The van der Waals surface area contributed by atoms with Gasteiger partial charge >= 0.3 is 0 Å². The lowest BCUT2D eigenvalue weighted by atomic mass is 9.92. The highest BCUT2D eigenvalue weighted by Crippen LogP contribution is 2.23. The Morgan fingerprint density at radius 2 is 1.63 bits per heavy atom. The van der Waals surface area contributed by atoms with E-state index < -0.39 is 10.0 Å². The van der Waals surface area contributed by atoms with Crippen LogP contribution in [0.4, 0.5) is 5.69 Å². The predicted molar refractivity (Wildman–Crippen MR) is 107 cm³/mol. The van der Waals surface area contributed by atoms with E-state index in [0.717, 1.165) is 32.4 Å². The van der Waals surface area contributed by atoms with E-state index in [1.807, 2.05) is 0 Å². The standard InChI is InChI=1S/C20H31N3O3S/c1-16-12-17(2)14-22(13-16)15-20(24)21-18-6-8-19(9-7-18)27(25,26)23-10-4-3-5-11-23/h6-9,16-17H,3-5,10-15H2,1-2H3,(H,21,24)/t16-,17+. The van der Waals surface area contributed by atoms with E-state index in [1.165, 1.54) is 6.42 Å². The van der Waals surface area contributed by atoms with Crippen molar-refractivity contribution in [3.05, 3.63) is 24.3 Å². The SMILES string of the molecule is C[C@@H]1C[C@H](C)CN(CC(=O)Nc2ccc(S(=O)(=O)N3CCCCC3)cc2)C1. The molecule has 0 spiro atoms. The highest BCUT2D eigenvalue weighted by atomic mass is 32.2. The van der Waals surface area contributed by atoms with Crippen LogP contribution in [-0.4, -0.2) is 56.3 Å². The van der Waals surface area contributed by atoms with Crippen molar-refractivity contribution in [2.45, 2.75) is 44.4 Å². The van der Waals surface area contributed by atoms with Crippen LogP contribution in [0.2, 0.25) is 0 Å². The molecule has 1 N–H and O–H groups in total. The maximum atomic E-state index is 12.7. The Morgan fingerprint density at radius 3 is 2.22 bits per heavy atom. The molecular weight excluding hydrogens is 362 g/mol. The Labute approximate surface area is 163 Å². The fourth-order valence-corrected chi connectivity index (χ4v) is 5.81. The molecule has 3 rings (SSSR count). The zero-order valence-electron chi connectivity index (χ0n) is 16.4. The van der Waals surface area contributed by atoms with E-state index in [4.69, 9.17) is 0 Å². The van der Waals surface area contributed by atoms with Gasteiger partial charge in [-0.1, -0.05) is 20.3 Å². The molecule has 0 aliphatic carbocycles. The van der Waals surface area contributed by atoms with E-state index in [-0.39, 0.29) is 5.91 Å². The van der Waals surface area contributed by atoms with Crippen molar-refractivity contribution >= 4 is 21.6 Å². The molecule has 2 aliphatic heterocycles. The quantitative estimate of drug-likeness (QED) is 0.835. The summed E-state index contributed by atoms with van der Waals surface area (Å²) in [6, 6.07) is 6.53. The van der Waals surface area contributed by atoms with Crippen LogP contribution in [0.25, 0.3) is 0 Å². The molecule has 2 heterocycles. The van der Waals surface area contributed by atoms with Crippen LogP contribution in [0.5, 0.6) is 0 Å². The first-order valence-electron chi connectivity index (χ1n) is 9.97. The van der Waals surface area contributed by atoms with Crippen molar-refractivity contribution < 1.29 is 13.2 Å². The molecule has 1 amide bonds. The summed E-state index contributed by atoms with van der Waals surface area (Å²) in [5.74, 6) is 1.17. The first-order chi connectivity index (χ1) is 12.8. The Bertz CT molecular complexity index is 732. The zero-order valence-corrected chi connectivity index (χ0v) is 17.2. The number of carbonyl (C=O) groups excluding carboxylic acids is 1. The van der Waals surface area contributed by atoms with Gasteiger partial charge in [0, 0.05) is 31.9 Å². The molecule has 150 valence electrons. The number of nitrogens with zero attached hydrogens (tertiary/aromatic N) is 2. The topological polar surface area (TPSA) is 69.7 Å². The molecule has 0 unspecified atom stereocenters. The fourth-order valence-electron chi connectivity index (χ4n) is 4.29. The number of sulfonamides is 1. The molecule has 27 heavy (non-hydrogen) atoms. The smallest absolute Gasteiger partial charge is 0.243 e. The minimum atomic E-state index is -3.43. The minimum absolute atomic E-state index is 0.0528. The van der Waals surface area contributed by atoms with Gasteiger partial charge in [0.1, 0.15) is 0 Å². The average molecular weight is 394 g/mol. The molecule has 2 atom stereocenters. The number of anilines is 1. The van der Waals surface area contributed by atoms with Gasteiger partial charge in [0.2, 0.25) is 15.9 Å². The van der Waals surface area contributed by atoms with Crippen molar-refractivity contribution in [2.75, 3.05) is 38.0 Å². The van der Waals surface area contributed by atoms with Gasteiger partial charge in [0.05, 0.1) is 11.4 Å². The molecule has 2 aliphatic rings. The van der Waals surface area contributed by atoms with Gasteiger partial charge < -0.3 is 5.32 Å². The average Bonchev–Trinajstić information content (AvgIpc) is 2.62.